The number of aryl methyl sites for hydroxylation is 1. The highest BCUT2D eigenvalue weighted by atomic mass is 16.5. The molecule has 0 aromatic heterocycles. The Morgan fingerprint density at radius 1 is 1.25 bits per heavy atom. The minimum atomic E-state index is 0.124. The van der Waals surface area contributed by atoms with Gasteiger partial charge in [-0.2, -0.15) is 0 Å². The fraction of sp³-hybridized carbons (Fsp3) is 0.286. The van der Waals surface area contributed by atoms with Crippen molar-refractivity contribution in [3.05, 3.63) is 41.5 Å². The molecule has 1 unspecified atom stereocenters. The molecule has 2 nitrogen and oxygen atoms in total. The molecule has 0 saturated carbocycles. The lowest BCUT2D eigenvalue weighted by molar-refractivity contribution is 0.264. The third-order valence-electron chi connectivity index (χ3n) is 3.16. The summed E-state index contributed by atoms with van der Waals surface area (Å²) in [5.74, 6) is 0.998. The topological polar surface area (TPSA) is 35.2 Å². The van der Waals surface area contributed by atoms with Crippen LogP contribution in [0.1, 0.15) is 11.1 Å². The summed E-state index contributed by atoms with van der Waals surface area (Å²) in [5.41, 5.74) is 8.49. The van der Waals surface area contributed by atoms with Gasteiger partial charge in [0.25, 0.3) is 0 Å². The molecule has 82 valence electrons. The van der Waals surface area contributed by atoms with Gasteiger partial charge in [-0.15, -0.1) is 0 Å². The Hall–Kier alpha value is -1.54. The van der Waals surface area contributed by atoms with E-state index in [1.165, 1.54) is 21.9 Å². The molecule has 0 radical (unpaired) electrons. The van der Waals surface area contributed by atoms with Crippen LogP contribution in [-0.4, -0.2) is 12.6 Å². The average molecular weight is 213 g/mol. The van der Waals surface area contributed by atoms with Gasteiger partial charge in [0.1, 0.15) is 12.4 Å². The van der Waals surface area contributed by atoms with Crippen molar-refractivity contribution in [2.75, 3.05) is 6.61 Å². The van der Waals surface area contributed by atoms with Crippen LogP contribution in [0.3, 0.4) is 0 Å². The second-order valence-electron chi connectivity index (χ2n) is 4.54. The molecule has 1 aliphatic rings. The van der Waals surface area contributed by atoms with Crippen molar-refractivity contribution < 1.29 is 4.74 Å². The number of nitrogens with two attached hydrogens (primary N) is 1. The molecule has 0 amide bonds. The second kappa shape index (κ2) is 3.49. The Kier molecular flexibility index (Phi) is 2.11. The zero-order valence-electron chi connectivity index (χ0n) is 9.36. The zero-order chi connectivity index (χ0) is 11.1. The molecule has 2 N–H and O–H groups in total. The van der Waals surface area contributed by atoms with E-state index in [0.717, 1.165) is 12.2 Å². The first-order valence-electron chi connectivity index (χ1n) is 5.64. The summed E-state index contributed by atoms with van der Waals surface area (Å²) in [6, 6.07) is 10.8. The Morgan fingerprint density at radius 2 is 2.12 bits per heavy atom. The van der Waals surface area contributed by atoms with Gasteiger partial charge in [0.15, 0.2) is 0 Å². The van der Waals surface area contributed by atoms with Gasteiger partial charge < -0.3 is 10.5 Å². The predicted octanol–water partition coefficient (Wildman–Crippen LogP) is 2.41. The molecule has 16 heavy (non-hydrogen) atoms. The van der Waals surface area contributed by atoms with Gasteiger partial charge in [0.2, 0.25) is 0 Å². The van der Waals surface area contributed by atoms with E-state index in [-0.39, 0.29) is 6.04 Å². The summed E-state index contributed by atoms with van der Waals surface area (Å²) in [6.07, 6.45) is 0.912. The van der Waals surface area contributed by atoms with Gasteiger partial charge in [0, 0.05) is 11.6 Å². The maximum Gasteiger partial charge on any atom is 0.123 e. The van der Waals surface area contributed by atoms with E-state index in [4.69, 9.17) is 10.5 Å². The maximum absolute atomic E-state index is 5.95. The van der Waals surface area contributed by atoms with Crippen LogP contribution in [0.4, 0.5) is 0 Å². The molecule has 2 heteroatoms. The summed E-state index contributed by atoms with van der Waals surface area (Å²) < 4.78 is 5.65. The van der Waals surface area contributed by atoms with E-state index in [2.05, 4.69) is 37.3 Å². The molecular weight excluding hydrogens is 198 g/mol. The lowest BCUT2D eigenvalue weighted by Crippen LogP contribution is -2.33. The van der Waals surface area contributed by atoms with E-state index in [9.17, 15) is 0 Å². The number of fused-ring (bicyclic) bond motifs is 3. The van der Waals surface area contributed by atoms with Crippen molar-refractivity contribution in [2.24, 2.45) is 5.73 Å². The lowest BCUT2D eigenvalue weighted by atomic mass is 9.95. The first-order chi connectivity index (χ1) is 7.74. The molecular formula is C14H15NO. The SMILES string of the molecule is Cc1ccc2c3c(ccc2c1)OCC(N)C3. The fourth-order valence-corrected chi connectivity index (χ4v) is 2.36. The number of hydrogen-bond donors (Lipinski definition) is 1. The van der Waals surface area contributed by atoms with E-state index < -0.39 is 0 Å². The maximum atomic E-state index is 5.95. The molecule has 3 rings (SSSR count). The van der Waals surface area contributed by atoms with Crippen LogP contribution < -0.4 is 10.5 Å². The van der Waals surface area contributed by atoms with Crippen LogP contribution in [-0.2, 0) is 6.42 Å². The Labute approximate surface area is 95.0 Å². The van der Waals surface area contributed by atoms with Gasteiger partial charge in [-0.25, -0.2) is 0 Å². The van der Waals surface area contributed by atoms with E-state index in [1.807, 2.05) is 0 Å². The molecule has 1 heterocycles. The van der Waals surface area contributed by atoms with Crippen LogP contribution >= 0.6 is 0 Å². The first-order valence-corrected chi connectivity index (χ1v) is 5.64. The third kappa shape index (κ3) is 1.46. The summed E-state index contributed by atoms with van der Waals surface area (Å²) >= 11 is 0. The monoisotopic (exact) mass is 213 g/mol. The van der Waals surface area contributed by atoms with Crippen molar-refractivity contribution in [2.45, 2.75) is 19.4 Å². The number of hydrogen-bond acceptors (Lipinski definition) is 2. The van der Waals surface area contributed by atoms with Gasteiger partial charge in [-0.1, -0.05) is 29.8 Å². The fourth-order valence-electron chi connectivity index (χ4n) is 2.36. The van der Waals surface area contributed by atoms with Gasteiger partial charge in [0.05, 0.1) is 0 Å². The lowest BCUT2D eigenvalue weighted by Gasteiger charge is -2.23. The molecule has 0 spiro atoms. The predicted molar refractivity (Wildman–Crippen MR) is 65.9 cm³/mol. The van der Waals surface area contributed by atoms with Gasteiger partial charge >= 0.3 is 0 Å². The van der Waals surface area contributed by atoms with Crippen LogP contribution in [0.2, 0.25) is 0 Å². The molecule has 0 fully saturated rings. The number of rotatable bonds is 0. The smallest absolute Gasteiger partial charge is 0.123 e. The summed E-state index contributed by atoms with van der Waals surface area (Å²) in [4.78, 5) is 0. The number of ether oxygens (including phenoxy) is 1. The first kappa shape index (κ1) is 9.67. The van der Waals surface area contributed by atoms with E-state index in [1.54, 1.807) is 0 Å². The zero-order valence-corrected chi connectivity index (χ0v) is 9.36. The summed E-state index contributed by atoms with van der Waals surface area (Å²) in [7, 11) is 0. The highest BCUT2D eigenvalue weighted by molar-refractivity contribution is 5.88. The molecule has 2 aromatic carbocycles. The minimum Gasteiger partial charge on any atom is -0.492 e. The summed E-state index contributed by atoms with van der Waals surface area (Å²) in [5, 5.41) is 2.55. The Bertz CT molecular complexity index is 548. The van der Waals surface area contributed by atoms with Gasteiger partial charge in [-0.3, -0.25) is 0 Å². The normalized spacial score (nSPS) is 19.2. The highest BCUT2D eigenvalue weighted by Crippen LogP contribution is 2.32. The Balaban J connectivity index is 2.26. The van der Waals surface area contributed by atoms with Crippen LogP contribution in [0, 0.1) is 6.92 Å². The van der Waals surface area contributed by atoms with E-state index >= 15 is 0 Å². The summed E-state index contributed by atoms with van der Waals surface area (Å²) in [6.45, 7) is 2.74. The van der Waals surface area contributed by atoms with Crippen molar-refractivity contribution in [3.63, 3.8) is 0 Å². The van der Waals surface area contributed by atoms with Crippen molar-refractivity contribution in [1.82, 2.24) is 0 Å². The molecule has 1 aliphatic heterocycles. The quantitative estimate of drug-likeness (QED) is 0.729. The molecule has 2 aromatic rings. The largest absolute Gasteiger partial charge is 0.492 e. The van der Waals surface area contributed by atoms with Crippen molar-refractivity contribution >= 4 is 10.8 Å². The highest BCUT2D eigenvalue weighted by Gasteiger charge is 2.18. The average Bonchev–Trinajstić information content (AvgIpc) is 2.28. The molecule has 0 saturated heterocycles. The third-order valence-corrected chi connectivity index (χ3v) is 3.16. The minimum absolute atomic E-state index is 0.124. The van der Waals surface area contributed by atoms with E-state index in [0.29, 0.717) is 6.61 Å². The van der Waals surface area contributed by atoms with Gasteiger partial charge in [-0.05, 0) is 30.2 Å². The van der Waals surface area contributed by atoms with Crippen LogP contribution in [0.5, 0.6) is 5.75 Å². The molecule has 0 bridgehead atoms. The molecule has 1 atom stereocenters. The van der Waals surface area contributed by atoms with Crippen molar-refractivity contribution in [1.29, 1.82) is 0 Å². The van der Waals surface area contributed by atoms with Crippen molar-refractivity contribution in [3.8, 4) is 5.75 Å². The Morgan fingerprint density at radius 3 is 3.00 bits per heavy atom. The number of benzene rings is 2. The van der Waals surface area contributed by atoms with Crippen LogP contribution in [0.25, 0.3) is 10.8 Å². The van der Waals surface area contributed by atoms with Crippen LogP contribution in [0.15, 0.2) is 30.3 Å². The second-order valence-corrected chi connectivity index (χ2v) is 4.54. The standard InChI is InChI=1S/C14H15NO/c1-9-2-4-12-10(6-9)3-5-14-13(12)7-11(15)8-16-14/h2-6,11H,7-8,15H2,1H3. The molecule has 0 aliphatic carbocycles.